The Hall–Kier alpha value is -2.33. The van der Waals surface area contributed by atoms with Crippen LogP contribution in [0.4, 0.5) is 11.6 Å². The van der Waals surface area contributed by atoms with Crippen molar-refractivity contribution in [3.05, 3.63) is 36.2 Å². The summed E-state index contributed by atoms with van der Waals surface area (Å²) >= 11 is 1.56. The van der Waals surface area contributed by atoms with Crippen molar-refractivity contribution in [2.75, 3.05) is 29.1 Å². The summed E-state index contributed by atoms with van der Waals surface area (Å²) in [6, 6.07) is 8.65. The van der Waals surface area contributed by atoms with Gasteiger partial charge in [-0.15, -0.1) is 0 Å². The van der Waals surface area contributed by atoms with E-state index in [0.717, 1.165) is 36.3 Å². The van der Waals surface area contributed by atoms with E-state index in [-0.39, 0.29) is 0 Å². The summed E-state index contributed by atoms with van der Waals surface area (Å²) in [6.07, 6.45) is 6.72. The lowest BCUT2D eigenvalue weighted by Crippen LogP contribution is -2.69. The number of hydrogen-bond acceptors (Lipinski definition) is 7. The van der Waals surface area contributed by atoms with Gasteiger partial charge in [0.1, 0.15) is 17.7 Å². The number of nitriles is 1. The second-order valence-electron chi connectivity index (χ2n) is 5.74. The highest BCUT2D eigenvalue weighted by atomic mass is 32.2. The molecule has 3 fully saturated rings. The minimum Gasteiger partial charge on any atom is -0.352 e. The number of piperazine rings is 1. The van der Waals surface area contributed by atoms with Crippen molar-refractivity contribution >= 4 is 23.4 Å². The van der Waals surface area contributed by atoms with Crippen molar-refractivity contribution in [2.24, 2.45) is 0 Å². The summed E-state index contributed by atoms with van der Waals surface area (Å²) in [4.78, 5) is 17.9. The first-order valence-corrected chi connectivity index (χ1v) is 8.78. The van der Waals surface area contributed by atoms with Gasteiger partial charge in [-0.05, 0) is 30.9 Å². The fourth-order valence-corrected chi connectivity index (χ4v) is 3.79. The van der Waals surface area contributed by atoms with Crippen LogP contribution in [0.5, 0.6) is 0 Å². The average molecular weight is 324 g/mol. The van der Waals surface area contributed by atoms with Gasteiger partial charge in [0.05, 0.1) is 17.6 Å². The first kappa shape index (κ1) is 14.3. The molecule has 3 saturated heterocycles. The molecule has 116 valence electrons. The highest BCUT2D eigenvalue weighted by Gasteiger charge is 2.46. The maximum Gasteiger partial charge on any atom is 0.189 e. The largest absolute Gasteiger partial charge is 0.352 e. The van der Waals surface area contributed by atoms with Gasteiger partial charge in [0.25, 0.3) is 0 Å². The van der Waals surface area contributed by atoms with Gasteiger partial charge in [0.15, 0.2) is 5.16 Å². The van der Waals surface area contributed by atoms with Crippen LogP contribution in [0.3, 0.4) is 0 Å². The second kappa shape index (κ2) is 5.70. The van der Waals surface area contributed by atoms with E-state index in [1.54, 1.807) is 18.0 Å². The SMILES string of the molecule is CSc1nccc(N2CC3CC(C2)N3c2ncccc2C#N)n1. The van der Waals surface area contributed by atoms with Crippen LogP contribution in [0.2, 0.25) is 0 Å². The minimum atomic E-state index is 0.392. The fourth-order valence-electron chi connectivity index (χ4n) is 3.44. The Bertz CT molecular complexity index is 761. The van der Waals surface area contributed by atoms with Crippen LogP contribution in [0.25, 0.3) is 0 Å². The molecule has 2 unspecified atom stereocenters. The number of fused-ring (bicyclic) bond motifs is 2. The van der Waals surface area contributed by atoms with E-state index < -0.39 is 0 Å². The molecule has 2 bridgehead atoms. The maximum absolute atomic E-state index is 9.29. The molecule has 2 atom stereocenters. The lowest BCUT2D eigenvalue weighted by molar-refractivity contribution is 0.287. The molecule has 0 aliphatic carbocycles. The predicted octanol–water partition coefficient (Wildman–Crippen LogP) is 1.93. The van der Waals surface area contributed by atoms with Gasteiger partial charge in [-0.3, -0.25) is 0 Å². The van der Waals surface area contributed by atoms with E-state index in [1.165, 1.54) is 0 Å². The number of nitrogens with zero attached hydrogens (tertiary/aromatic N) is 6. The van der Waals surface area contributed by atoms with Gasteiger partial charge < -0.3 is 9.80 Å². The topological polar surface area (TPSA) is 68.9 Å². The van der Waals surface area contributed by atoms with Crippen molar-refractivity contribution < 1.29 is 0 Å². The molecule has 0 amide bonds. The third-order valence-electron chi connectivity index (χ3n) is 4.47. The predicted molar refractivity (Wildman–Crippen MR) is 89.7 cm³/mol. The van der Waals surface area contributed by atoms with Gasteiger partial charge in [0.2, 0.25) is 0 Å². The number of piperidine rings is 1. The molecule has 7 heteroatoms. The summed E-state index contributed by atoms with van der Waals surface area (Å²) in [7, 11) is 0. The standard InChI is InChI=1S/C16H16N6S/c1-23-16-19-6-4-14(20-16)21-9-12-7-13(10-21)22(12)15-11(8-17)3-2-5-18-15/h2-6,12-13H,7,9-10H2,1H3. The van der Waals surface area contributed by atoms with Gasteiger partial charge in [-0.2, -0.15) is 5.26 Å². The lowest BCUT2D eigenvalue weighted by Gasteiger charge is -2.57. The third kappa shape index (κ3) is 2.39. The van der Waals surface area contributed by atoms with E-state index in [9.17, 15) is 5.26 Å². The molecular weight excluding hydrogens is 308 g/mol. The average Bonchev–Trinajstić information content (AvgIpc) is 2.62. The quantitative estimate of drug-likeness (QED) is 0.631. The summed E-state index contributed by atoms with van der Waals surface area (Å²) in [6.45, 7) is 1.81. The van der Waals surface area contributed by atoms with Crippen molar-refractivity contribution in [3.63, 3.8) is 0 Å². The molecule has 0 N–H and O–H groups in total. The number of rotatable bonds is 3. The van der Waals surface area contributed by atoms with Gasteiger partial charge in [0, 0.05) is 25.5 Å². The molecule has 2 aromatic rings. The smallest absolute Gasteiger partial charge is 0.189 e. The lowest BCUT2D eigenvalue weighted by atomic mass is 9.87. The normalized spacial score (nSPS) is 22.4. The molecule has 3 aliphatic rings. The van der Waals surface area contributed by atoms with E-state index >= 15 is 0 Å². The number of thioether (sulfide) groups is 1. The van der Waals surface area contributed by atoms with Crippen LogP contribution < -0.4 is 9.80 Å². The molecule has 3 aliphatic heterocycles. The zero-order valence-electron chi connectivity index (χ0n) is 12.8. The highest BCUT2D eigenvalue weighted by Crippen LogP contribution is 2.38. The van der Waals surface area contributed by atoms with Crippen molar-refractivity contribution in [1.82, 2.24) is 15.0 Å². The summed E-state index contributed by atoms with van der Waals surface area (Å²) in [5, 5.41) is 10.1. The number of pyridine rings is 1. The molecule has 0 radical (unpaired) electrons. The van der Waals surface area contributed by atoms with Crippen molar-refractivity contribution in [1.29, 1.82) is 5.26 Å². The first-order valence-electron chi connectivity index (χ1n) is 7.55. The van der Waals surface area contributed by atoms with Gasteiger partial charge in [-0.25, -0.2) is 15.0 Å². The number of aromatic nitrogens is 3. The van der Waals surface area contributed by atoms with Crippen molar-refractivity contribution in [2.45, 2.75) is 23.7 Å². The number of hydrogen-bond donors (Lipinski definition) is 0. The zero-order valence-corrected chi connectivity index (χ0v) is 13.6. The molecule has 23 heavy (non-hydrogen) atoms. The molecule has 5 rings (SSSR count). The van der Waals surface area contributed by atoms with Crippen LogP contribution in [0, 0.1) is 11.3 Å². The van der Waals surface area contributed by atoms with Crippen molar-refractivity contribution in [3.8, 4) is 6.07 Å². The molecule has 0 spiro atoms. The maximum atomic E-state index is 9.29. The molecule has 6 nitrogen and oxygen atoms in total. The Morgan fingerprint density at radius 3 is 2.78 bits per heavy atom. The Labute approximate surface area is 139 Å². The summed E-state index contributed by atoms with van der Waals surface area (Å²) in [5.74, 6) is 1.81. The Morgan fingerprint density at radius 2 is 2.04 bits per heavy atom. The van der Waals surface area contributed by atoms with Gasteiger partial charge in [-0.1, -0.05) is 11.8 Å². The van der Waals surface area contributed by atoms with Crippen LogP contribution >= 0.6 is 11.8 Å². The van der Waals surface area contributed by atoms with Crippen LogP contribution in [0.1, 0.15) is 12.0 Å². The Balaban J connectivity index is 1.55. The van der Waals surface area contributed by atoms with E-state index in [2.05, 4.69) is 30.8 Å². The Kier molecular flexibility index (Phi) is 3.54. The molecule has 5 heterocycles. The summed E-state index contributed by atoms with van der Waals surface area (Å²) < 4.78 is 0. The molecule has 2 aromatic heterocycles. The van der Waals surface area contributed by atoms with E-state index in [1.807, 2.05) is 30.7 Å². The molecule has 0 saturated carbocycles. The second-order valence-corrected chi connectivity index (χ2v) is 6.52. The summed E-state index contributed by atoms with van der Waals surface area (Å²) in [5.41, 5.74) is 0.655. The zero-order chi connectivity index (χ0) is 15.8. The van der Waals surface area contributed by atoms with Crippen LogP contribution in [0.15, 0.2) is 35.7 Å². The molecule has 0 aromatic carbocycles. The van der Waals surface area contributed by atoms with Crippen LogP contribution in [-0.2, 0) is 0 Å². The highest BCUT2D eigenvalue weighted by molar-refractivity contribution is 7.98. The Morgan fingerprint density at radius 1 is 1.22 bits per heavy atom. The fraction of sp³-hybridized carbons (Fsp3) is 0.375. The monoisotopic (exact) mass is 324 g/mol. The molecular formula is C16H16N6S. The van der Waals surface area contributed by atoms with Crippen LogP contribution in [-0.4, -0.2) is 46.4 Å². The van der Waals surface area contributed by atoms with Gasteiger partial charge >= 0.3 is 0 Å². The number of anilines is 2. The minimum absolute atomic E-state index is 0.392. The third-order valence-corrected chi connectivity index (χ3v) is 5.03. The van der Waals surface area contributed by atoms with E-state index in [4.69, 9.17) is 0 Å². The first-order chi connectivity index (χ1) is 11.3. The van der Waals surface area contributed by atoms with E-state index in [0.29, 0.717) is 17.6 Å².